The Labute approximate surface area is 142 Å². The number of hydrogen-bond donors (Lipinski definition) is 0. The summed E-state index contributed by atoms with van der Waals surface area (Å²) >= 11 is 0. The third-order valence-corrected chi connectivity index (χ3v) is 4.31. The maximum Gasteiger partial charge on any atom is 0.245 e. The van der Waals surface area contributed by atoms with Crippen LogP contribution in [0.1, 0.15) is 55.5 Å². The standard InChI is InChI=1S/C20H23NO3/c1-11(2)24-19-15(20(3,4)5)17(22)14-12-9-7-8-10-13(12)21(6)16(14)18(19)23/h7-11H,1-6H3. The van der Waals surface area contributed by atoms with Crippen molar-refractivity contribution in [2.24, 2.45) is 12.5 Å². The third kappa shape index (κ3) is 2.29. The van der Waals surface area contributed by atoms with Crippen LogP contribution in [0, 0.1) is 5.41 Å². The van der Waals surface area contributed by atoms with Gasteiger partial charge in [0.15, 0.2) is 11.5 Å². The molecule has 0 saturated heterocycles. The lowest BCUT2D eigenvalue weighted by molar-refractivity contribution is 0.0768. The Bertz CT molecular complexity index is 891. The highest BCUT2D eigenvalue weighted by Crippen LogP contribution is 2.41. The molecular weight excluding hydrogens is 302 g/mol. The summed E-state index contributed by atoms with van der Waals surface area (Å²) in [5, 5.41) is 0.818. The normalized spacial score (nSPS) is 15.5. The lowest BCUT2D eigenvalue weighted by Crippen LogP contribution is -2.31. The highest BCUT2D eigenvalue weighted by molar-refractivity contribution is 6.30. The first-order valence-electron chi connectivity index (χ1n) is 8.22. The van der Waals surface area contributed by atoms with Gasteiger partial charge in [-0.25, -0.2) is 0 Å². The second-order valence-electron chi connectivity index (χ2n) is 7.58. The van der Waals surface area contributed by atoms with Crippen molar-refractivity contribution < 1.29 is 14.3 Å². The van der Waals surface area contributed by atoms with Gasteiger partial charge in [-0.3, -0.25) is 9.59 Å². The molecule has 0 atom stereocenters. The molecule has 24 heavy (non-hydrogen) atoms. The molecule has 0 saturated carbocycles. The zero-order chi connectivity index (χ0) is 17.8. The van der Waals surface area contributed by atoms with Crippen molar-refractivity contribution >= 4 is 22.5 Å². The number of fused-ring (bicyclic) bond motifs is 3. The fourth-order valence-electron chi connectivity index (χ4n) is 3.37. The Kier molecular flexibility index (Phi) is 3.67. The van der Waals surface area contributed by atoms with E-state index in [1.807, 2.05) is 65.9 Å². The van der Waals surface area contributed by atoms with Gasteiger partial charge in [0.1, 0.15) is 5.69 Å². The number of allylic oxidation sites excluding steroid dienone is 2. The van der Waals surface area contributed by atoms with Crippen LogP contribution >= 0.6 is 0 Å². The van der Waals surface area contributed by atoms with Gasteiger partial charge < -0.3 is 9.30 Å². The molecule has 2 aromatic rings. The van der Waals surface area contributed by atoms with E-state index in [1.54, 1.807) is 4.57 Å². The average Bonchev–Trinajstić information content (AvgIpc) is 2.77. The fraction of sp³-hybridized carbons (Fsp3) is 0.400. The predicted octanol–water partition coefficient (Wildman–Crippen LogP) is 4.28. The summed E-state index contributed by atoms with van der Waals surface area (Å²) in [7, 11) is 1.82. The Balaban J connectivity index is 2.37. The summed E-state index contributed by atoms with van der Waals surface area (Å²) in [6.45, 7) is 9.54. The van der Waals surface area contributed by atoms with Gasteiger partial charge >= 0.3 is 0 Å². The summed E-state index contributed by atoms with van der Waals surface area (Å²) in [6, 6.07) is 7.62. The van der Waals surface area contributed by atoms with E-state index in [0.29, 0.717) is 16.8 Å². The average molecular weight is 325 g/mol. The molecule has 4 heteroatoms. The van der Waals surface area contributed by atoms with Gasteiger partial charge in [0.2, 0.25) is 5.78 Å². The Morgan fingerprint density at radius 3 is 2.25 bits per heavy atom. The van der Waals surface area contributed by atoms with Crippen LogP contribution in [0.3, 0.4) is 0 Å². The molecular formula is C20H23NO3. The number of rotatable bonds is 2. The molecule has 0 spiro atoms. The maximum absolute atomic E-state index is 13.3. The predicted molar refractivity (Wildman–Crippen MR) is 94.3 cm³/mol. The number of hydrogen-bond acceptors (Lipinski definition) is 3. The van der Waals surface area contributed by atoms with Crippen LogP contribution in [0.25, 0.3) is 10.9 Å². The van der Waals surface area contributed by atoms with Crippen LogP contribution in [-0.4, -0.2) is 22.2 Å². The summed E-state index contributed by atoms with van der Waals surface area (Å²) in [4.78, 5) is 26.5. The molecule has 1 heterocycles. The van der Waals surface area contributed by atoms with Crippen LogP contribution < -0.4 is 0 Å². The van der Waals surface area contributed by atoms with Crippen LogP contribution in [-0.2, 0) is 11.8 Å². The molecule has 3 rings (SSSR count). The lowest BCUT2D eigenvalue weighted by atomic mass is 9.77. The van der Waals surface area contributed by atoms with Gasteiger partial charge in [0.05, 0.1) is 17.2 Å². The first kappa shape index (κ1) is 16.5. The SMILES string of the molecule is CC(C)OC1=C(C(C)(C)C)C(=O)c2c(n(C)c3ccccc23)C1=O. The second kappa shape index (κ2) is 5.33. The van der Waals surface area contributed by atoms with Crippen LogP contribution in [0.2, 0.25) is 0 Å². The maximum atomic E-state index is 13.3. The molecule has 0 N–H and O–H groups in total. The van der Waals surface area contributed by atoms with Gasteiger partial charge in [0, 0.05) is 18.0 Å². The minimum atomic E-state index is -0.481. The topological polar surface area (TPSA) is 48.3 Å². The number of carbonyl (C=O) groups is 2. The molecule has 0 aliphatic heterocycles. The number of ether oxygens (including phenoxy) is 1. The zero-order valence-corrected chi connectivity index (χ0v) is 15.1. The van der Waals surface area contributed by atoms with E-state index in [-0.39, 0.29) is 23.4 Å². The smallest absolute Gasteiger partial charge is 0.245 e. The number of aryl methyl sites for hydroxylation is 1. The number of Topliss-reactive ketones (excluding diaryl/α,β-unsaturated/α-hetero) is 2. The number of ketones is 2. The molecule has 1 aromatic heterocycles. The molecule has 1 aliphatic rings. The quantitative estimate of drug-likeness (QED) is 0.828. The van der Waals surface area contributed by atoms with Gasteiger partial charge in [-0.1, -0.05) is 39.0 Å². The number of nitrogens with zero attached hydrogens (tertiary/aromatic N) is 1. The Hall–Kier alpha value is -2.36. The first-order valence-corrected chi connectivity index (χ1v) is 8.22. The van der Waals surface area contributed by atoms with Crippen molar-refractivity contribution in [3.8, 4) is 0 Å². The Morgan fingerprint density at radius 1 is 1.04 bits per heavy atom. The number of benzene rings is 1. The van der Waals surface area contributed by atoms with Crippen molar-refractivity contribution in [3.05, 3.63) is 46.9 Å². The van der Waals surface area contributed by atoms with Gasteiger partial charge in [0.25, 0.3) is 0 Å². The van der Waals surface area contributed by atoms with E-state index >= 15 is 0 Å². The summed E-state index contributed by atoms with van der Waals surface area (Å²) < 4.78 is 7.62. The fourth-order valence-corrected chi connectivity index (χ4v) is 3.37. The monoisotopic (exact) mass is 325 g/mol. The zero-order valence-electron chi connectivity index (χ0n) is 15.1. The number of carbonyl (C=O) groups excluding carboxylic acids is 2. The molecule has 0 unspecified atom stereocenters. The molecule has 1 aromatic carbocycles. The number of para-hydroxylation sites is 1. The van der Waals surface area contributed by atoms with Crippen LogP contribution in [0.15, 0.2) is 35.6 Å². The van der Waals surface area contributed by atoms with Crippen molar-refractivity contribution in [1.29, 1.82) is 0 Å². The van der Waals surface area contributed by atoms with E-state index in [0.717, 1.165) is 10.9 Å². The molecule has 0 radical (unpaired) electrons. The van der Waals surface area contributed by atoms with E-state index in [2.05, 4.69) is 0 Å². The molecule has 0 amide bonds. The third-order valence-electron chi connectivity index (χ3n) is 4.31. The molecule has 1 aliphatic carbocycles. The summed E-state index contributed by atoms with van der Waals surface area (Å²) in [5.41, 5.74) is 1.78. The molecule has 0 fully saturated rings. The Morgan fingerprint density at radius 2 is 1.67 bits per heavy atom. The van der Waals surface area contributed by atoms with E-state index in [4.69, 9.17) is 4.74 Å². The summed E-state index contributed by atoms with van der Waals surface area (Å²) in [5.74, 6) is -0.118. The summed E-state index contributed by atoms with van der Waals surface area (Å²) in [6.07, 6.45) is -0.176. The number of aromatic nitrogens is 1. The van der Waals surface area contributed by atoms with Gasteiger partial charge in [-0.05, 0) is 25.3 Å². The second-order valence-corrected chi connectivity index (χ2v) is 7.58. The largest absolute Gasteiger partial charge is 0.486 e. The molecule has 126 valence electrons. The first-order chi connectivity index (χ1) is 11.1. The van der Waals surface area contributed by atoms with Gasteiger partial charge in [-0.2, -0.15) is 0 Å². The van der Waals surface area contributed by atoms with Crippen molar-refractivity contribution in [2.45, 2.75) is 40.7 Å². The van der Waals surface area contributed by atoms with Crippen molar-refractivity contribution in [2.75, 3.05) is 0 Å². The van der Waals surface area contributed by atoms with E-state index < -0.39 is 5.41 Å². The highest BCUT2D eigenvalue weighted by Gasteiger charge is 2.42. The molecule has 4 nitrogen and oxygen atoms in total. The molecule has 0 bridgehead atoms. The minimum Gasteiger partial charge on any atom is -0.486 e. The lowest BCUT2D eigenvalue weighted by Gasteiger charge is -2.29. The van der Waals surface area contributed by atoms with Crippen LogP contribution in [0.4, 0.5) is 0 Å². The van der Waals surface area contributed by atoms with Gasteiger partial charge in [-0.15, -0.1) is 0 Å². The van der Waals surface area contributed by atoms with Crippen molar-refractivity contribution in [3.63, 3.8) is 0 Å². The van der Waals surface area contributed by atoms with Crippen LogP contribution in [0.5, 0.6) is 0 Å². The van der Waals surface area contributed by atoms with E-state index in [9.17, 15) is 9.59 Å². The minimum absolute atomic E-state index is 0.107. The highest BCUT2D eigenvalue weighted by atomic mass is 16.5. The van der Waals surface area contributed by atoms with Crippen molar-refractivity contribution in [1.82, 2.24) is 4.57 Å². The van der Waals surface area contributed by atoms with E-state index in [1.165, 1.54) is 0 Å².